The molecule has 1 atom stereocenters. The highest BCUT2D eigenvalue weighted by atomic mass is 32.1. The van der Waals surface area contributed by atoms with E-state index in [-0.39, 0.29) is 11.9 Å². The van der Waals surface area contributed by atoms with Gasteiger partial charge in [0, 0.05) is 42.2 Å². The Morgan fingerprint density at radius 1 is 1.06 bits per heavy atom. The number of likely N-dealkylation sites (N-methyl/N-ethyl adjacent to an activating group) is 1. The van der Waals surface area contributed by atoms with Gasteiger partial charge in [-0.15, -0.1) is 11.3 Å². The Morgan fingerprint density at radius 2 is 1.86 bits per heavy atom. The molecule has 8 heteroatoms. The molecule has 2 aromatic heterocycles. The Balaban J connectivity index is 1.66. The second-order valence-electron chi connectivity index (χ2n) is 9.21. The van der Waals surface area contributed by atoms with Crippen LogP contribution in [0.2, 0.25) is 0 Å². The van der Waals surface area contributed by atoms with Crippen LogP contribution in [0.5, 0.6) is 11.5 Å². The average molecular weight is 496 g/mol. The van der Waals surface area contributed by atoms with Crippen LogP contribution in [0.25, 0.3) is 0 Å². The summed E-state index contributed by atoms with van der Waals surface area (Å²) < 4.78 is 17.0. The molecule has 0 spiro atoms. The first-order valence-corrected chi connectivity index (χ1v) is 13.0. The molecule has 0 radical (unpaired) electrons. The van der Waals surface area contributed by atoms with Gasteiger partial charge in [-0.05, 0) is 56.5 Å². The van der Waals surface area contributed by atoms with Gasteiger partial charge in [-0.2, -0.15) is 0 Å². The number of hydrogen-bond donors (Lipinski definition) is 1. The monoisotopic (exact) mass is 495 g/mol. The molecule has 1 saturated heterocycles. The van der Waals surface area contributed by atoms with E-state index in [9.17, 15) is 4.79 Å². The molecule has 7 nitrogen and oxygen atoms in total. The number of nitrogens with one attached hydrogen (secondary N) is 1. The summed E-state index contributed by atoms with van der Waals surface area (Å²) in [6.45, 7) is 3.84. The Labute approximate surface area is 210 Å². The van der Waals surface area contributed by atoms with Crippen LogP contribution in [-0.2, 0) is 12.8 Å². The number of carbonyl (C=O) groups is 1. The zero-order chi connectivity index (χ0) is 24.4. The van der Waals surface area contributed by atoms with E-state index in [1.807, 2.05) is 12.1 Å². The predicted molar refractivity (Wildman–Crippen MR) is 138 cm³/mol. The maximum atomic E-state index is 13.1. The number of furan rings is 1. The van der Waals surface area contributed by atoms with Gasteiger partial charge in [0.15, 0.2) is 17.3 Å². The molecule has 1 fully saturated rings. The standard InChI is InChI=1S/C27H33N3O4S/c1-29-13-15-30(16-14-29)24(19-9-6-10-20(32-2)25(19)33-3)23-18-8-4-5-12-22(18)35-27(23)28-26(31)21-11-7-17-34-21/h6-7,9-11,17,24H,4-5,8,12-16H2,1-3H3,(H,28,31)/t24-/m0/s1. The Hall–Kier alpha value is -2.81. The molecule has 1 aromatic carbocycles. The molecular weight excluding hydrogens is 462 g/mol. The van der Waals surface area contributed by atoms with Crippen LogP contribution < -0.4 is 14.8 Å². The fourth-order valence-corrected chi connectivity index (χ4v) is 6.60. The molecule has 1 aliphatic heterocycles. The van der Waals surface area contributed by atoms with Crippen LogP contribution in [0.1, 0.15) is 51.0 Å². The lowest BCUT2D eigenvalue weighted by Crippen LogP contribution is -2.46. The third-order valence-corrected chi connectivity index (χ3v) is 8.31. The van der Waals surface area contributed by atoms with Crippen LogP contribution in [-0.4, -0.2) is 63.2 Å². The molecule has 0 saturated carbocycles. The molecule has 5 rings (SSSR count). The quantitative estimate of drug-likeness (QED) is 0.507. The highest BCUT2D eigenvalue weighted by molar-refractivity contribution is 7.16. The molecule has 0 bridgehead atoms. The second kappa shape index (κ2) is 10.4. The number of piperazine rings is 1. The number of rotatable bonds is 7. The maximum Gasteiger partial charge on any atom is 0.291 e. The van der Waals surface area contributed by atoms with Crippen LogP contribution >= 0.6 is 11.3 Å². The van der Waals surface area contributed by atoms with Crippen molar-refractivity contribution in [1.29, 1.82) is 0 Å². The van der Waals surface area contributed by atoms with Crippen molar-refractivity contribution >= 4 is 22.2 Å². The number of para-hydroxylation sites is 1. The zero-order valence-corrected chi connectivity index (χ0v) is 21.5. The van der Waals surface area contributed by atoms with Crippen molar-refractivity contribution < 1.29 is 18.7 Å². The SMILES string of the molecule is COc1cccc([C@@H](c2c(NC(=O)c3ccco3)sc3c2CCCC3)N2CCN(C)CC2)c1OC. The first-order valence-electron chi connectivity index (χ1n) is 12.2. The van der Waals surface area contributed by atoms with Gasteiger partial charge in [-0.1, -0.05) is 12.1 Å². The Bertz CT molecular complexity index is 1170. The van der Waals surface area contributed by atoms with E-state index in [2.05, 4.69) is 28.2 Å². The lowest BCUT2D eigenvalue weighted by atomic mass is 9.88. The van der Waals surface area contributed by atoms with Gasteiger partial charge in [0.1, 0.15) is 5.00 Å². The largest absolute Gasteiger partial charge is 0.493 e. The minimum Gasteiger partial charge on any atom is -0.493 e. The third-order valence-electron chi connectivity index (χ3n) is 7.09. The van der Waals surface area contributed by atoms with Crippen molar-refractivity contribution in [3.8, 4) is 11.5 Å². The highest BCUT2D eigenvalue weighted by Crippen LogP contribution is 2.48. The smallest absolute Gasteiger partial charge is 0.291 e. The van der Waals surface area contributed by atoms with Gasteiger partial charge in [0.05, 0.1) is 26.5 Å². The van der Waals surface area contributed by atoms with Gasteiger partial charge in [0.2, 0.25) is 0 Å². The topological polar surface area (TPSA) is 67.2 Å². The van der Waals surface area contributed by atoms with Gasteiger partial charge in [-0.25, -0.2) is 0 Å². The normalized spacial score (nSPS) is 17.6. The van der Waals surface area contributed by atoms with Gasteiger partial charge >= 0.3 is 0 Å². The average Bonchev–Trinajstić information content (AvgIpc) is 3.54. The van der Waals surface area contributed by atoms with Gasteiger partial charge in [0.25, 0.3) is 5.91 Å². The van der Waals surface area contributed by atoms with E-state index < -0.39 is 0 Å². The van der Waals surface area contributed by atoms with E-state index in [1.54, 1.807) is 37.7 Å². The van der Waals surface area contributed by atoms with E-state index in [4.69, 9.17) is 13.9 Å². The van der Waals surface area contributed by atoms with Crippen molar-refractivity contribution in [2.75, 3.05) is 52.8 Å². The van der Waals surface area contributed by atoms with Crippen molar-refractivity contribution in [1.82, 2.24) is 9.80 Å². The number of anilines is 1. The second-order valence-corrected chi connectivity index (χ2v) is 10.3. The van der Waals surface area contributed by atoms with Gasteiger partial charge < -0.3 is 24.1 Å². The van der Waals surface area contributed by atoms with Crippen LogP contribution in [0.15, 0.2) is 41.0 Å². The Kier molecular flexibility index (Phi) is 7.13. The number of ether oxygens (including phenoxy) is 2. The Morgan fingerprint density at radius 3 is 2.57 bits per heavy atom. The third kappa shape index (κ3) is 4.70. The van der Waals surface area contributed by atoms with Crippen LogP contribution in [0, 0.1) is 0 Å². The summed E-state index contributed by atoms with van der Waals surface area (Å²) in [5.74, 6) is 1.56. The van der Waals surface area contributed by atoms with Crippen molar-refractivity contribution in [3.05, 3.63) is 63.9 Å². The van der Waals surface area contributed by atoms with E-state index in [1.165, 1.54) is 28.7 Å². The van der Waals surface area contributed by atoms with Gasteiger partial charge in [-0.3, -0.25) is 9.69 Å². The summed E-state index contributed by atoms with van der Waals surface area (Å²) >= 11 is 1.72. The number of amides is 1. The number of hydrogen-bond acceptors (Lipinski definition) is 7. The molecule has 1 amide bonds. The molecule has 1 aliphatic carbocycles. The minimum absolute atomic E-state index is 0.0567. The van der Waals surface area contributed by atoms with Crippen molar-refractivity contribution in [2.24, 2.45) is 0 Å². The van der Waals surface area contributed by atoms with Crippen molar-refractivity contribution in [2.45, 2.75) is 31.7 Å². The minimum atomic E-state index is -0.218. The summed E-state index contributed by atoms with van der Waals surface area (Å²) in [6.07, 6.45) is 5.94. The number of methoxy groups -OCH3 is 2. The number of benzene rings is 1. The molecular formula is C27H33N3O4S. The zero-order valence-electron chi connectivity index (χ0n) is 20.6. The van der Waals surface area contributed by atoms with E-state index in [0.717, 1.165) is 67.5 Å². The highest BCUT2D eigenvalue weighted by Gasteiger charge is 2.35. The number of nitrogens with zero attached hydrogens (tertiary/aromatic N) is 2. The lowest BCUT2D eigenvalue weighted by molar-refractivity contribution is 0.0996. The number of thiophene rings is 1. The fourth-order valence-electron chi connectivity index (χ4n) is 5.29. The maximum absolute atomic E-state index is 13.1. The molecule has 35 heavy (non-hydrogen) atoms. The molecule has 2 aliphatic rings. The summed E-state index contributed by atoms with van der Waals surface area (Å²) in [4.78, 5) is 19.3. The summed E-state index contributed by atoms with van der Waals surface area (Å²) in [5.41, 5.74) is 3.64. The molecule has 1 N–H and O–H groups in total. The first kappa shape index (κ1) is 23.9. The summed E-state index contributed by atoms with van der Waals surface area (Å²) in [7, 11) is 5.54. The lowest BCUT2D eigenvalue weighted by Gasteiger charge is -2.39. The predicted octanol–water partition coefficient (Wildman–Crippen LogP) is 4.83. The molecule has 0 unspecified atom stereocenters. The molecule has 3 heterocycles. The number of carbonyl (C=O) groups excluding carboxylic acids is 1. The van der Waals surface area contributed by atoms with E-state index >= 15 is 0 Å². The fraction of sp³-hybridized carbons (Fsp3) is 0.444. The summed E-state index contributed by atoms with van der Waals surface area (Å²) in [5, 5.41) is 4.12. The number of fused-ring (bicyclic) bond motifs is 1. The summed E-state index contributed by atoms with van der Waals surface area (Å²) in [6, 6.07) is 9.48. The first-order chi connectivity index (χ1) is 17.1. The van der Waals surface area contributed by atoms with Crippen LogP contribution in [0.4, 0.5) is 5.00 Å². The van der Waals surface area contributed by atoms with Crippen LogP contribution in [0.3, 0.4) is 0 Å². The van der Waals surface area contributed by atoms with E-state index in [0.29, 0.717) is 5.76 Å². The number of aryl methyl sites for hydroxylation is 1. The van der Waals surface area contributed by atoms with Crippen molar-refractivity contribution in [3.63, 3.8) is 0 Å². The molecule has 186 valence electrons. The molecule has 3 aromatic rings.